The molecule has 37 heavy (non-hydrogen) atoms. The van der Waals surface area contributed by atoms with Crippen LogP contribution >= 0.6 is 0 Å². The maximum absolute atomic E-state index is 12.1. The topological polar surface area (TPSA) is 57.0 Å². The normalized spacial score (nSPS) is 37.9. The highest BCUT2D eigenvalue weighted by Gasteiger charge is 2.59. The van der Waals surface area contributed by atoms with Gasteiger partial charge in [0.05, 0.1) is 18.8 Å². The molecule has 0 saturated heterocycles. The number of carbonyl (C=O) groups is 1. The molecule has 8 atom stereocenters. The number of fused-ring (bicyclic) bond motifs is 5. The molecule has 5 rings (SSSR count). The Labute approximate surface area is 225 Å². The van der Waals surface area contributed by atoms with E-state index in [9.17, 15) is 4.79 Å². The van der Waals surface area contributed by atoms with Gasteiger partial charge in [-0.05, 0) is 105 Å². The second-order valence-corrected chi connectivity index (χ2v) is 14.0. The zero-order valence-electron chi connectivity index (χ0n) is 24.3. The molecule has 3 saturated carbocycles. The van der Waals surface area contributed by atoms with Crippen molar-refractivity contribution in [2.45, 2.75) is 118 Å². The van der Waals surface area contributed by atoms with E-state index in [4.69, 9.17) is 4.74 Å². The lowest BCUT2D eigenvalue weighted by Crippen LogP contribution is -2.50. The SMILES string of the molecule is CCOC(=O)c1cn([C@H]2CC[C@@]3(C)C(=CC[C@H]4[C@@H]5CC[C@H]([C@H](C)CCCC(C)C)[C@@]5(C)CC[C@@H]43)C2)nn1. The van der Waals surface area contributed by atoms with E-state index in [1.54, 1.807) is 11.8 Å². The van der Waals surface area contributed by atoms with Crippen LogP contribution in [0.25, 0.3) is 0 Å². The molecule has 3 fully saturated rings. The van der Waals surface area contributed by atoms with Gasteiger partial charge in [0, 0.05) is 0 Å². The van der Waals surface area contributed by atoms with Gasteiger partial charge in [-0.2, -0.15) is 0 Å². The van der Waals surface area contributed by atoms with Gasteiger partial charge in [0.1, 0.15) is 0 Å². The van der Waals surface area contributed by atoms with Crippen LogP contribution in [0.15, 0.2) is 17.8 Å². The van der Waals surface area contributed by atoms with Crippen LogP contribution in [0.2, 0.25) is 0 Å². The summed E-state index contributed by atoms with van der Waals surface area (Å²) < 4.78 is 7.05. The molecule has 0 N–H and O–H groups in total. The van der Waals surface area contributed by atoms with Gasteiger partial charge in [-0.15, -0.1) is 5.10 Å². The van der Waals surface area contributed by atoms with Gasteiger partial charge in [0.15, 0.2) is 5.69 Å². The van der Waals surface area contributed by atoms with E-state index in [-0.39, 0.29) is 5.97 Å². The van der Waals surface area contributed by atoms with Gasteiger partial charge in [-0.25, -0.2) is 9.48 Å². The number of ether oxygens (including phenoxy) is 1. The second kappa shape index (κ2) is 10.5. The lowest BCUT2D eigenvalue weighted by Gasteiger charge is -2.58. The first kappa shape index (κ1) is 26.9. The average Bonchev–Trinajstić information content (AvgIpc) is 3.48. The highest BCUT2D eigenvalue weighted by molar-refractivity contribution is 5.86. The first-order chi connectivity index (χ1) is 17.7. The third-order valence-electron chi connectivity index (χ3n) is 11.6. The van der Waals surface area contributed by atoms with Crippen molar-refractivity contribution < 1.29 is 9.53 Å². The second-order valence-electron chi connectivity index (χ2n) is 14.0. The van der Waals surface area contributed by atoms with Gasteiger partial charge in [-0.3, -0.25) is 0 Å². The van der Waals surface area contributed by atoms with Gasteiger partial charge in [0.25, 0.3) is 0 Å². The number of hydrogen-bond donors (Lipinski definition) is 0. The van der Waals surface area contributed by atoms with Crippen molar-refractivity contribution in [3.8, 4) is 0 Å². The molecule has 1 aromatic heterocycles. The number of hydrogen-bond acceptors (Lipinski definition) is 4. The molecular weight excluding hydrogens is 458 g/mol. The summed E-state index contributed by atoms with van der Waals surface area (Å²) in [6.07, 6.45) is 19.0. The zero-order chi connectivity index (χ0) is 26.4. The van der Waals surface area contributed by atoms with Gasteiger partial charge < -0.3 is 4.74 Å². The first-order valence-electron chi connectivity index (χ1n) is 15.5. The molecule has 0 unspecified atom stereocenters. The predicted molar refractivity (Wildman–Crippen MR) is 148 cm³/mol. The van der Waals surface area contributed by atoms with Crippen LogP contribution in [0.3, 0.4) is 0 Å². The summed E-state index contributed by atoms with van der Waals surface area (Å²) in [4.78, 5) is 12.1. The summed E-state index contributed by atoms with van der Waals surface area (Å²) in [5.74, 6) is 4.83. The minimum atomic E-state index is -0.372. The van der Waals surface area contributed by atoms with Crippen LogP contribution in [-0.2, 0) is 4.74 Å². The molecule has 0 aromatic carbocycles. The van der Waals surface area contributed by atoms with E-state index in [1.165, 1.54) is 57.8 Å². The highest BCUT2D eigenvalue weighted by atomic mass is 16.5. The van der Waals surface area contributed by atoms with E-state index in [0.717, 1.165) is 48.3 Å². The largest absolute Gasteiger partial charge is 0.461 e. The molecular formula is C32H51N3O2. The monoisotopic (exact) mass is 509 g/mol. The van der Waals surface area contributed by atoms with Crippen molar-refractivity contribution in [1.82, 2.24) is 15.0 Å². The third kappa shape index (κ3) is 4.82. The quantitative estimate of drug-likeness (QED) is 0.263. The standard InChI is InChI=1S/C32H51N3O2/c1-7-37-30(36)29-20-35(34-33-29)24-15-17-31(5)23(19-24)11-12-25-27-14-13-26(22(4)10-8-9-21(2)3)32(27,6)18-16-28(25)31/h11,20-22,24-28H,7-10,12-19H2,1-6H3/t22-,24+,25+,26-,27+,28+,31+,32-/m1/s1. The predicted octanol–water partition coefficient (Wildman–Crippen LogP) is 8.04. The van der Waals surface area contributed by atoms with Crippen molar-refractivity contribution in [3.05, 3.63) is 23.5 Å². The van der Waals surface area contributed by atoms with Crippen molar-refractivity contribution >= 4 is 5.97 Å². The Morgan fingerprint density at radius 1 is 1.11 bits per heavy atom. The molecule has 4 aliphatic rings. The zero-order valence-corrected chi connectivity index (χ0v) is 24.3. The maximum Gasteiger partial charge on any atom is 0.360 e. The van der Waals surface area contributed by atoms with Gasteiger partial charge in [0.2, 0.25) is 0 Å². The minimum Gasteiger partial charge on any atom is -0.461 e. The van der Waals surface area contributed by atoms with E-state index < -0.39 is 0 Å². The van der Waals surface area contributed by atoms with Crippen LogP contribution in [-0.4, -0.2) is 27.6 Å². The fourth-order valence-electron chi connectivity index (χ4n) is 9.65. The molecule has 5 nitrogen and oxygen atoms in total. The first-order valence-corrected chi connectivity index (χ1v) is 15.5. The van der Waals surface area contributed by atoms with Crippen molar-refractivity contribution in [2.75, 3.05) is 6.61 Å². The average molecular weight is 510 g/mol. The summed E-state index contributed by atoms with van der Waals surface area (Å²) in [5, 5.41) is 8.44. The Bertz CT molecular complexity index is 998. The summed E-state index contributed by atoms with van der Waals surface area (Å²) in [6, 6.07) is 0.294. The smallest absolute Gasteiger partial charge is 0.360 e. The van der Waals surface area contributed by atoms with Gasteiger partial charge >= 0.3 is 5.97 Å². The number of rotatable bonds is 8. The number of aromatic nitrogens is 3. The number of esters is 1. The molecule has 0 spiro atoms. The van der Waals surface area contributed by atoms with Crippen LogP contribution in [0, 0.1) is 46.3 Å². The summed E-state index contributed by atoms with van der Waals surface area (Å²) in [5.41, 5.74) is 2.85. The van der Waals surface area contributed by atoms with Crippen LogP contribution < -0.4 is 0 Å². The number of nitrogens with zero attached hydrogens (tertiary/aromatic N) is 3. The highest BCUT2D eigenvalue weighted by Crippen LogP contribution is 2.67. The molecule has 0 radical (unpaired) electrons. The van der Waals surface area contributed by atoms with E-state index in [0.29, 0.717) is 29.2 Å². The van der Waals surface area contributed by atoms with E-state index >= 15 is 0 Å². The Morgan fingerprint density at radius 3 is 2.68 bits per heavy atom. The Hall–Kier alpha value is -1.65. The Balaban J connectivity index is 1.28. The van der Waals surface area contributed by atoms with Crippen molar-refractivity contribution in [2.24, 2.45) is 46.3 Å². The summed E-state index contributed by atoms with van der Waals surface area (Å²) in [6.45, 7) is 14.8. The Kier molecular flexibility index (Phi) is 7.64. The third-order valence-corrected chi connectivity index (χ3v) is 11.6. The van der Waals surface area contributed by atoms with Crippen molar-refractivity contribution in [1.29, 1.82) is 0 Å². The molecule has 4 aliphatic carbocycles. The van der Waals surface area contributed by atoms with Crippen LogP contribution in [0.5, 0.6) is 0 Å². The molecule has 1 heterocycles. The summed E-state index contributed by atoms with van der Waals surface area (Å²) in [7, 11) is 0. The number of carbonyl (C=O) groups excluding carboxylic acids is 1. The fraction of sp³-hybridized carbons (Fsp3) is 0.844. The van der Waals surface area contributed by atoms with Crippen molar-refractivity contribution in [3.63, 3.8) is 0 Å². The fourth-order valence-corrected chi connectivity index (χ4v) is 9.65. The lowest BCUT2D eigenvalue weighted by atomic mass is 9.47. The molecule has 206 valence electrons. The lowest BCUT2D eigenvalue weighted by molar-refractivity contribution is -0.0526. The number of allylic oxidation sites excluding steroid dienone is 2. The molecule has 5 heteroatoms. The maximum atomic E-state index is 12.1. The van der Waals surface area contributed by atoms with E-state index in [1.807, 2.05) is 11.6 Å². The molecule has 0 amide bonds. The molecule has 0 aliphatic heterocycles. The molecule has 1 aromatic rings. The molecule has 0 bridgehead atoms. The van der Waals surface area contributed by atoms with E-state index in [2.05, 4.69) is 51.0 Å². The summed E-state index contributed by atoms with van der Waals surface area (Å²) >= 11 is 0. The van der Waals surface area contributed by atoms with Gasteiger partial charge in [-0.1, -0.05) is 70.7 Å². The minimum absolute atomic E-state index is 0.294. The van der Waals surface area contributed by atoms with Crippen LogP contribution in [0.1, 0.15) is 129 Å². The Morgan fingerprint density at radius 2 is 1.92 bits per heavy atom. The van der Waals surface area contributed by atoms with Crippen LogP contribution in [0.4, 0.5) is 0 Å².